The van der Waals surface area contributed by atoms with Gasteiger partial charge in [-0.3, -0.25) is 19.5 Å². The molecule has 0 N–H and O–H groups in total. The lowest BCUT2D eigenvalue weighted by atomic mass is 9.96. The van der Waals surface area contributed by atoms with Gasteiger partial charge in [0.25, 0.3) is 11.2 Å². The van der Waals surface area contributed by atoms with Crippen molar-refractivity contribution in [1.29, 1.82) is 0 Å². The Morgan fingerprint density at radius 2 is 2.00 bits per heavy atom. The molecule has 196 valence electrons. The van der Waals surface area contributed by atoms with Gasteiger partial charge in [-0.05, 0) is 50.5 Å². The molecule has 1 atom stereocenters. The normalized spacial score (nSPS) is 17.4. The number of esters is 1. The predicted molar refractivity (Wildman–Crippen MR) is 146 cm³/mol. The molecule has 2 aromatic carbocycles. The van der Waals surface area contributed by atoms with Crippen molar-refractivity contribution in [1.82, 2.24) is 4.57 Å². The van der Waals surface area contributed by atoms with E-state index in [-0.39, 0.29) is 23.4 Å². The standard InChI is InChI=1S/C27H25ClN4O5S/c1-3-37-26(34)23-16(2)29-27-31(24(23)19-8-4-5-9-20(19)28)25(33)22(38-27)15-17-14-18(32(35)36)10-11-21(17)30-12-6-7-13-30/h4-5,8-11,14-15,24H,3,6-7,12-13H2,1-2H3/b22-15-/t24-/m0/s1. The second-order valence-electron chi connectivity index (χ2n) is 9.02. The number of rotatable bonds is 6. The number of hydrogen-bond donors (Lipinski definition) is 0. The van der Waals surface area contributed by atoms with E-state index >= 15 is 0 Å². The first-order valence-electron chi connectivity index (χ1n) is 12.3. The molecule has 1 aromatic heterocycles. The fraction of sp³-hybridized carbons (Fsp3) is 0.296. The Labute approximate surface area is 227 Å². The minimum absolute atomic E-state index is 0.0543. The number of carbonyl (C=O) groups is 1. The Morgan fingerprint density at radius 1 is 1.26 bits per heavy atom. The van der Waals surface area contributed by atoms with Gasteiger partial charge in [-0.1, -0.05) is 41.1 Å². The van der Waals surface area contributed by atoms with Gasteiger partial charge >= 0.3 is 5.97 Å². The minimum atomic E-state index is -0.829. The Bertz CT molecular complexity index is 1650. The summed E-state index contributed by atoms with van der Waals surface area (Å²) in [7, 11) is 0. The van der Waals surface area contributed by atoms with Crippen LogP contribution in [0.25, 0.3) is 6.08 Å². The van der Waals surface area contributed by atoms with Crippen molar-refractivity contribution in [3.8, 4) is 0 Å². The molecule has 2 aliphatic heterocycles. The van der Waals surface area contributed by atoms with Crippen molar-refractivity contribution < 1.29 is 14.5 Å². The predicted octanol–water partition coefficient (Wildman–Crippen LogP) is 3.96. The van der Waals surface area contributed by atoms with Crippen LogP contribution in [-0.4, -0.2) is 35.2 Å². The average Bonchev–Trinajstić information content (AvgIpc) is 3.52. The van der Waals surface area contributed by atoms with Crippen LogP contribution in [-0.2, 0) is 9.53 Å². The summed E-state index contributed by atoms with van der Waals surface area (Å²) in [5.41, 5.74) is 2.26. The van der Waals surface area contributed by atoms with Crippen LogP contribution in [0.3, 0.4) is 0 Å². The number of nitrogens with zero attached hydrogens (tertiary/aromatic N) is 4. The number of ether oxygens (including phenoxy) is 1. The molecule has 9 nitrogen and oxygen atoms in total. The highest BCUT2D eigenvalue weighted by molar-refractivity contribution is 7.07. The van der Waals surface area contributed by atoms with Crippen LogP contribution in [0.15, 0.2) is 63.5 Å². The lowest BCUT2D eigenvalue weighted by molar-refractivity contribution is -0.384. The fourth-order valence-electron chi connectivity index (χ4n) is 4.94. The first-order valence-corrected chi connectivity index (χ1v) is 13.5. The quantitative estimate of drug-likeness (QED) is 0.260. The highest BCUT2D eigenvalue weighted by Gasteiger charge is 2.34. The van der Waals surface area contributed by atoms with Gasteiger partial charge in [-0.15, -0.1) is 0 Å². The molecule has 0 radical (unpaired) electrons. The zero-order valence-electron chi connectivity index (χ0n) is 20.8. The van der Waals surface area contributed by atoms with Crippen molar-refractivity contribution in [3.63, 3.8) is 0 Å². The number of halogens is 1. The Balaban J connectivity index is 1.74. The van der Waals surface area contributed by atoms with Gasteiger partial charge in [-0.25, -0.2) is 9.79 Å². The number of nitro benzene ring substituents is 1. The number of hydrogen-bond acceptors (Lipinski definition) is 8. The van der Waals surface area contributed by atoms with Crippen LogP contribution in [0.1, 0.15) is 43.9 Å². The van der Waals surface area contributed by atoms with E-state index in [0.29, 0.717) is 31.2 Å². The molecule has 0 spiro atoms. The first-order chi connectivity index (χ1) is 18.3. The van der Waals surface area contributed by atoms with Gasteiger partial charge in [0.1, 0.15) is 6.04 Å². The summed E-state index contributed by atoms with van der Waals surface area (Å²) >= 11 is 7.72. The van der Waals surface area contributed by atoms with E-state index in [9.17, 15) is 19.7 Å². The second-order valence-corrected chi connectivity index (χ2v) is 10.4. The van der Waals surface area contributed by atoms with Gasteiger partial charge in [0, 0.05) is 41.5 Å². The monoisotopic (exact) mass is 552 g/mol. The van der Waals surface area contributed by atoms with E-state index in [1.165, 1.54) is 28.0 Å². The van der Waals surface area contributed by atoms with Gasteiger partial charge in [0.05, 0.1) is 27.3 Å². The van der Waals surface area contributed by atoms with E-state index in [1.54, 1.807) is 50.3 Å². The van der Waals surface area contributed by atoms with Crippen molar-refractivity contribution in [2.45, 2.75) is 32.7 Å². The van der Waals surface area contributed by atoms with Crippen molar-refractivity contribution >= 4 is 46.4 Å². The van der Waals surface area contributed by atoms with Crippen LogP contribution in [0.2, 0.25) is 5.02 Å². The number of benzene rings is 2. The smallest absolute Gasteiger partial charge is 0.338 e. The largest absolute Gasteiger partial charge is 0.463 e. The Morgan fingerprint density at radius 3 is 2.68 bits per heavy atom. The molecule has 1 fully saturated rings. The first kappa shape index (κ1) is 25.9. The molecule has 5 rings (SSSR count). The Kier molecular flexibility index (Phi) is 7.18. The molecule has 0 amide bonds. The molecule has 1 saturated heterocycles. The summed E-state index contributed by atoms with van der Waals surface area (Å²) in [6, 6.07) is 10.9. The van der Waals surface area contributed by atoms with Crippen LogP contribution in [0, 0.1) is 10.1 Å². The van der Waals surface area contributed by atoms with Crippen LogP contribution in [0.5, 0.6) is 0 Å². The molecule has 38 heavy (non-hydrogen) atoms. The topological polar surface area (TPSA) is 107 Å². The fourth-order valence-corrected chi connectivity index (χ4v) is 6.22. The van der Waals surface area contributed by atoms with Gasteiger partial charge in [0.2, 0.25) is 0 Å². The Hall–Kier alpha value is -3.76. The summed E-state index contributed by atoms with van der Waals surface area (Å²) in [6.45, 7) is 5.27. The number of thiazole rings is 1. The number of allylic oxidation sites excluding steroid dienone is 1. The third-order valence-electron chi connectivity index (χ3n) is 6.67. The lowest BCUT2D eigenvalue weighted by Gasteiger charge is -2.25. The molecule has 0 bridgehead atoms. The van der Waals surface area contributed by atoms with Crippen molar-refractivity contribution in [2.24, 2.45) is 4.99 Å². The lowest BCUT2D eigenvalue weighted by Crippen LogP contribution is -2.40. The number of nitro groups is 1. The van der Waals surface area contributed by atoms with Gasteiger partial charge in [0.15, 0.2) is 4.80 Å². The zero-order valence-corrected chi connectivity index (χ0v) is 22.4. The van der Waals surface area contributed by atoms with E-state index in [1.807, 2.05) is 0 Å². The summed E-state index contributed by atoms with van der Waals surface area (Å²) in [4.78, 5) is 45.2. The maximum atomic E-state index is 13.9. The SMILES string of the molecule is CCOC(=O)C1=C(C)N=c2s/c(=C\c3cc([N+](=O)[O-])ccc3N3CCCC3)c(=O)n2[C@H]1c1ccccc1Cl. The molecule has 3 heterocycles. The third-order valence-corrected chi connectivity index (χ3v) is 8.00. The van der Waals surface area contributed by atoms with E-state index in [2.05, 4.69) is 9.89 Å². The number of anilines is 1. The summed E-state index contributed by atoms with van der Waals surface area (Å²) in [6.07, 6.45) is 3.75. The number of aromatic nitrogens is 1. The maximum absolute atomic E-state index is 13.9. The van der Waals surface area contributed by atoms with Crippen molar-refractivity contribution in [2.75, 3.05) is 24.6 Å². The van der Waals surface area contributed by atoms with E-state index in [0.717, 1.165) is 31.6 Å². The van der Waals surface area contributed by atoms with E-state index < -0.39 is 16.9 Å². The summed E-state index contributed by atoms with van der Waals surface area (Å²) in [5.74, 6) is -0.567. The minimum Gasteiger partial charge on any atom is -0.463 e. The highest BCUT2D eigenvalue weighted by Crippen LogP contribution is 2.34. The highest BCUT2D eigenvalue weighted by atomic mass is 35.5. The maximum Gasteiger partial charge on any atom is 0.338 e. The van der Waals surface area contributed by atoms with Crippen LogP contribution < -0.4 is 19.8 Å². The molecular formula is C27H25ClN4O5S. The van der Waals surface area contributed by atoms with Crippen LogP contribution >= 0.6 is 22.9 Å². The second kappa shape index (κ2) is 10.5. The molecular weight excluding hydrogens is 528 g/mol. The average molecular weight is 553 g/mol. The summed E-state index contributed by atoms with van der Waals surface area (Å²) in [5, 5.41) is 11.9. The van der Waals surface area contributed by atoms with Crippen LogP contribution in [0.4, 0.5) is 11.4 Å². The number of non-ortho nitro benzene ring substituents is 1. The molecule has 3 aromatic rings. The number of fused-ring (bicyclic) bond motifs is 1. The molecule has 2 aliphatic rings. The van der Waals surface area contributed by atoms with Crippen molar-refractivity contribution in [3.05, 3.63) is 99.7 Å². The molecule has 0 saturated carbocycles. The summed E-state index contributed by atoms with van der Waals surface area (Å²) < 4.78 is 7.13. The molecule has 0 unspecified atom stereocenters. The third kappa shape index (κ3) is 4.65. The molecule has 11 heteroatoms. The number of carbonyl (C=O) groups excluding carboxylic acids is 1. The molecule has 0 aliphatic carbocycles. The van der Waals surface area contributed by atoms with E-state index in [4.69, 9.17) is 16.3 Å². The zero-order chi connectivity index (χ0) is 27.0. The van der Waals surface area contributed by atoms with Gasteiger partial charge < -0.3 is 9.64 Å². The van der Waals surface area contributed by atoms with Gasteiger partial charge in [-0.2, -0.15) is 0 Å².